The van der Waals surface area contributed by atoms with Crippen molar-refractivity contribution in [3.05, 3.63) is 58.2 Å². The zero-order valence-electron chi connectivity index (χ0n) is 12.8. The zero-order chi connectivity index (χ0) is 18.2. The van der Waals surface area contributed by atoms with Crippen LogP contribution >= 0.6 is 23.4 Å². The molecule has 0 radical (unpaired) electrons. The van der Waals surface area contributed by atoms with Crippen LogP contribution in [0.25, 0.3) is 5.65 Å². The number of thioether (sulfide) groups is 1. The van der Waals surface area contributed by atoms with Crippen molar-refractivity contribution in [3.8, 4) is 0 Å². The number of hydrogen-bond donors (Lipinski definition) is 0. The first kappa shape index (κ1) is 17.8. The molecule has 0 aliphatic rings. The summed E-state index contributed by atoms with van der Waals surface area (Å²) >= 11 is 6.86. The number of pyridine rings is 1. The normalized spacial score (nSPS) is 11.9. The molecule has 3 rings (SSSR count). The maximum absolute atomic E-state index is 12.9. The Labute approximate surface area is 150 Å². The largest absolute Gasteiger partial charge is 0.417 e. The number of aryl methyl sites for hydroxylation is 1. The molecule has 0 atom stereocenters. The third-order valence-corrected chi connectivity index (χ3v) is 4.68. The van der Waals surface area contributed by atoms with Crippen molar-refractivity contribution in [1.29, 1.82) is 0 Å². The number of alkyl halides is 3. The third-order valence-electron chi connectivity index (χ3n) is 3.46. The van der Waals surface area contributed by atoms with Gasteiger partial charge in [0.2, 0.25) is 0 Å². The van der Waals surface area contributed by atoms with Gasteiger partial charge in [-0.05, 0) is 13.0 Å². The predicted molar refractivity (Wildman–Crippen MR) is 89.2 cm³/mol. The third kappa shape index (κ3) is 3.80. The highest BCUT2D eigenvalue weighted by molar-refractivity contribution is 7.99. The molecule has 3 aromatic rings. The van der Waals surface area contributed by atoms with E-state index in [0.717, 1.165) is 34.0 Å². The molecule has 1 aromatic carbocycles. The van der Waals surface area contributed by atoms with Gasteiger partial charge >= 0.3 is 6.18 Å². The summed E-state index contributed by atoms with van der Waals surface area (Å²) in [5.41, 5.74) is 0.763. The van der Waals surface area contributed by atoms with Gasteiger partial charge in [0.15, 0.2) is 16.6 Å². The van der Waals surface area contributed by atoms with Gasteiger partial charge < -0.3 is 0 Å². The van der Waals surface area contributed by atoms with Gasteiger partial charge in [0, 0.05) is 11.8 Å². The summed E-state index contributed by atoms with van der Waals surface area (Å²) in [6.45, 7) is 1.91. The second-order valence-corrected chi connectivity index (χ2v) is 6.68. The Kier molecular flexibility index (Phi) is 4.75. The first-order chi connectivity index (χ1) is 11.8. The summed E-state index contributed by atoms with van der Waals surface area (Å²) in [5.74, 6) is -0.127. The topological polar surface area (TPSA) is 47.3 Å². The van der Waals surface area contributed by atoms with Crippen LogP contribution in [0, 0.1) is 6.92 Å². The van der Waals surface area contributed by atoms with Crippen LogP contribution < -0.4 is 0 Å². The molecule has 0 spiro atoms. The lowest BCUT2D eigenvalue weighted by molar-refractivity contribution is -0.137. The van der Waals surface area contributed by atoms with E-state index in [1.165, 1.54) is 0 Å². The van der Waals surface area contributed by atoms with Crippen LogP contribution in [0.4, 0.5) is 13.2 Å². The van der Waals surface area contributed by atoms with Crippen LogP contribution in [0.15, 0.2) is 41.7 Å². The number of nitrogens with zero attached hydrogens (tertiary/aromatic N) is 3. The summed E-state index contributed by atoms with van der Waals surface area (Å²) in [6, 6.07) is 7.86. The predicted octanol–water partition coefficient (Wildman–Crippen LogP) is 4.68. The Morgan fingerprint density at radius 2 is 1.92 bits per heavy atom. The van der Waals surface area contributed by atoms with Gasteiger partial charge in [-0.2, -0.15) is 13.2 Å². The van der Waals surface area contributed by atoms with Gasteiger partial charge in [-0.1, -0.05) is 53.2 Å². The Hall–Kier alpha value is -2.06. The van der Waals surface area contributed by atoms with E-state index in [1.54, 1.807) is 12.1 Å². The fraction of sp³-hybridized carbons (Fsp3) is 0.188. The van der Waals surface area contributed by atoms with Crippen LogP contribution in [0.5, 0.6) is 0 Å². The summed E-state index contributed by atoms with van der Waals surface area (Å²) in [6.07, 6.45) is -3.67. The summed E-state index contributed by atoms with van der Waals surface area (Å²) in [4.78, 5) is 12.2. The van der Waals surface area contributed by atoms with Gasteiger partial charge in [-0.25, -0.2) is 0 Å². The summed E-state index contributed by atoms with van der Waals surface area (Å²) < 4.78 is 39.9. The van der Waals surface area contributed by atoms with Crippen molar-refractivity contribution >= 4 is 34.8 Å². The number of halogens is 4. The standard InChI is InChI=1S/C16H11ClF3N3OS/c1-9-2-4-10(5-3-9)13(24)8-25-15-22-21-14-12(17)6-11(7-23(14)15)16(18,19)20/h2-7H,8H2,1H3. The van der Waals surface area contributed by atoms with Gasteiger partial charge in [0.1, 0.15) is 0 Å². The molecule has 0 bridgehead atoms. The lowest BCUT2D eigenvalue weighted by atomic mass is 10.1. The van der Waals surface area contributed by atoms with Crippen LogP contribution in [0.2, 0.25) is 5.02 Å². The smallest absolute Gasteiger partial charge is 0.293 e. The highest BCUT2D eigenvalue weighted by atomic mass is 35.5. The average Bonchev–Trinajstić information content (AvgIpc) is 2.96. The quantitative estimate of drug-likeness (QED) is 0.483. The van der Waals surface area contributed by atoms with Gasteiger partial charge in [0.25, 0.3) is 0 Å². The van der Waals surface area contributed by atoms with Crippen LogP contribution in [-0.4, -0.2) is 26.1 Å². The van der Waals surface area contributed by atoms with Crippen molar-refractivity contribution in [3.63, 3.8) is 0 Å². The molecule has 0 aliphatic heterocycles. The van der Waals surface area contributed by atoms with E-state index >= 15 is 0 Å². The average molecular weight is 386 g/mol. The minimum absolute atomic E-state index is 0.0255. The molecule has 0 amide bonds. The summed E-state index contributed by atoms with van der Waals surface area (Å²) in [5, 5.41) is 7.63. The second-order valence-electron chi connectivity index (χ2n) is 5.33. The van der Waals surface area contributed by atoms with Crippen LogP contribution in [0.1, 0.15) is 21.5 Å². The first-order valence-corrected chi connectivity index (χ1v) is 8.46. The maximum Gasteiger partial charge on any atom is 0.417 e. The molecule has 9 heteroatoms. The van der Waals surface area contributed by atoms with Crippen LogP contribution in [0.3, 0.4) is 0 Å². The van der Waals surface area contributed by atoms with E-state index in [-0.39, 0.29) is 27.4 Å². The number of rotatable bonds is 4. The van der Waals surface area contributed by atoms with E-state index in [1.807, 2.05) is 19.1 Å². The minimum Gasteiger partial charge on any atom is -0.293 e. The van der Waals surface area contributed by atoms with Crippen molar-refractivity contribution in [2.75, 3.05) is 5.75 Å². The highest BCUT2D eigenvalue weighted by Gasteiger charge is 2.32. The zero-order valence-corrected chi connectivity index (χ0v) is 14.4. The van der Waals surface area contributed by atoms with Crippen molar-refractivity contribution in [1.82, 2.24) is 14.6 Å². The van der Waals surface area contributed by atoms with Gasteiger partial charge in [-0.15, -0.1) is 10.2 Å². The number of aromatic nitrogens is 3. The number of hydrogen-bond acceptors (Lipinski definition) is 4. The fourth-order valence-corrected chi connectivity index (χ4v) is 3.19. The van der Waals surface area contributed by atoms with E-state index in [0.29, 0.717) is 5.56 Å². The molecule has 0 fully saturated rings. The lowest BCUT2D eigenvalue weighted by Crippen LogP contribution is -2.07. The molecule has 0 saturated carbocycles. The molecule has 25 heavy (non-hydrogen) atoms. The minimum atomic E-state index is -4.54. The summed E-state index contributed by atoms with van der Waals surface area (Å²) in [7, 11) is 0. The highest BCUT2D eigenvalue weighted by Crippen LogP contribution is 2.33. The lowest BCUT2D eigenvalue weighted by Gasteiger charge is -2.08. The molecule has 2 aromatic heterocycles. The molecular formula is C16H11ClF3N3OS. The SMILES string of the molecule is Cc1ccc(C(=O)CSc2nnc3c(Cl)cc(C(F)(F)F)cn23)cc1. The number of fused-ring (bicyclic) bond motifs is 1. The molecule has 2 heterocycles. The van der Waals surface area contributed by atoms with E-state index in [9.17, 15) is 18.0 Å². The number of ketones is 1. The second kappa shape index (κ2) is 6.68. The number of carbonyl (C=O) groups excluding carboxylic acids is 1. The molecule has 0 aliphatic carbocycles. The molecular weight excluding hydrogens is 375 g/mol. The van der Waals surface area contributed by atoms with E-state index < -0.39 is 11.7 Å². The maximum atomic E-state index is 12.9. The number of Topliss-reactive ketones (excluding diaryl/α,β-unsaturated/α-hetero) is 1. The number of benzene rings is 1. The molecule has 4 nitrogen and oxygen atoms in total. The Morgan fingerprint density at radius 1 is 1.24 bits per heavy atom. The van der Waals surface area contributed by atoms with Gasteiger partial charge in [-0.3, -0.25) is 9.20 Å². The van der Waals surface area contributed by atoms with Gasteiger partial charge in [0.05, 0.1) is 16.3 Å². The van der Waals surface area contributed by atoms with Crippen molar-refractivity contribution < 1.29 is 18.0 Å². The number of carbonyl (C=O) groups is 1. The van der Waals surface area contributed by atoms with Crippen LogP contribution in [-0.2, 0) is 6.18 Å². The monoisotopic (exact) mass is 385 g/mol. The van der Waals surface area contributed by atoms with Crippen molar-refractivity contribution in [2.45, 2.75) is 18.3 Å². The molecule has 0 unspecified atom stereocenters. The Bertz CT molecular complexity index is 938. The van der Waals surface area contributed by atoms with E-state index in [4.69, 9.17) is 11.6 Å². The molecule has 0 saturated heterocycles. The molecule has 130 valence electrons. The van der Waals surface area contributed by atoms with E-state index in [2.05, 4.69) is 10.2 Å². The molecule has 0 N–H and O–H groups in total. The first-order valence-electron chi connectivity index (χ1n) is 7.10. The van der Waals surface area contributed by atoms with Crippen molar-refractivity contribution in [2.24, 2.45) is 0 Å². The Morgan fingerprint density at radius 3 is 2.56 bits per heavy atom. The fourth-order valence-electron chi connectivity index (χ4n) is 2.14. The Balaban J connectivity index is 1.85.